The Hall–Kier alpha value is -2.58. The van der Waals surface area contributed by atoms with Crippen LogP contribution in [0.1, 0.15) is 40.3 Å². The lowest BCUT2D eigenvalue weighted by molar-refractivity contribution is -0.471. The SMILES string of the molecule is O=C(NC1CC(c2[nH+]nc(CO)o2)C1)c1ncc(-c2ccccc2)s1. The van der Waals surface area contributed by atoms with Gasteiger partial charge >= 0.3 is 5.89 Å². The van der Waals surface area contributed by atoms with E-state index in [4.69, 9.17) is 9.52 Å². The minimum atomic E-state index is -0.225. The van der Waals surface area contributed by atoms with Crippen LogP contribution in [-0.4, -0.2) is 27.1 Å². The number of carbonyl (C=O) groups is 1. The summed E-state index contributed by atoms with van der Waals surface area (Å²) >= 11 is 1.39. The molecule has 8 heteroatoms. The molecule has 0 spiro atoms. The second-order valence-corrected chi connectivity index (χ2v) is 7.01. The quantitative estimate of drug-likeness (QED) is 0.725. The molecule has 1 aliphatic rings. The molecule has 1 saturated carbocycles. The molecule has 1 aliphatic carbocycles. The van der Waals surface area contributed by atoms with Gasteiger partial charge in [0.25, 0.3) is 11.8 Å². The first-order valence-electron chi connectivity index (χ1n) is 8.03. The number of hydrogen-bond acceptors (Lipinski definition) is 6. The zero-order valence-electron chi connectivity index (χ0n) is 13.3. The Labute approximate surface area is 147 Å². The maximum Gasteiger partial charge on any atom is 0.375 e. The van der Waals surface area contributed by atoms with E-state index in [2.05, 4.69) is 20.5 Å². The molecule has 1 aromatic carbocycles. The van der Waals surface area contributed by atoms with Crippen LogP contribution in [0.5, 0.6) is 0 Å². The fourth-order valence-corrected chi connectivity index (χ4v) is 3.67. The number of amides is 1. The average molecular weight is 357 g/mol. The van der Waals surface area contributed by atoms with Gasteiger partial charge in [-0.05, 0) is 18.4 Å². The molecule has 4 rings (SSSR count). The summed E-state index contributed by atoms with van der Waals surface area (Å²) in [7, 11) is 0. The van der Waals surface area contributed by atoms with E-state index in [-0.39, 0.29) is 30.4 Å². The van der Waals surface area contributed by atoms with Gasteiger partial charge in [-0.3, -0.25) is 4.79 Å². The fourth-order valence-electron chi connectivity index (χ4n) is 2.84. The first kappa shape index (κ1) is 15.9. The summed E-state index contributed by atoms with van der Waals surface area (Å²) < 4.78 is 5.39. The second kappa shape index (κ2) is 6.73. The Balaban J connectivity index is 1.34. The zero-order valence-corrected chi connectivity index (χ0v) is 14.1. The van der Waals surface area contributed by atoms with E-state index in [9.17, 15) is 4.79 Å². The number of aromatic nitrogens is 3. The topological polar surface area (TPSA) is 102 Å². The summed E-state index contributed by atoms with van der Waals surface area (Å²) in [5, 5.41) is 19.1. The predicted octanol–water partition coefficient (Wildman–Crippen LogP) is 1.78. The summed E-state index contributed by atoms with van der Waals surface area (Å²) in [6.45, 7) is -0.225. The van der Waals surface area contributed by atoms with Crippen molar-refractivity contribution >= 4 is 17.2 Å². The number of carbonyl (C=O) groups excluding carboxylic acids is 1. The maximum absolute atomic E-state index is 12.3. The number of nitrogens with one attached hydrogen (secondary N) is 2. The smallest absolute Gasteiger partial charge is 0.375 e. The summed E-state index contributed by atoms with van der Waals surface area (Å²) in [4.78, 5) is 17.6. The molecule has 25 heavy (non-hydrogen) atoms. The largest absolute Gasteiger partial charge is 0.386 e. The molecule has 0 atom stereocenters. The number of H-pyrrole nitrogens is 1. The number of rotatable bonds is 5. The third-order valence-corrected chi connectivity index (χ3v) is 5.30. The molecule has 3 N–H and O–H groups in total. The van der Waals surface area contributed by atoms with E-state index < -0.39 is 0 Å². The number of nitrogens with zero attached hydrogens (tertiary/aromatic N) is 2. The Bertz CT molecular complexity index is 871. The lowest BCUT2D eigenvalue weighted by Gasteiger charge is -2.31. The van der Waals surface area contributed by atoms with Crippen LogP contribution < -0.4 is 10.4 Å². The van der Waals surface area contributed by atoms with Crippen molar-refractivity contribution in [3.8, 4) is 10.4 Å². The summed E-state index contributed by atoms with van der Waals surface area (Å²) in [5.41, 5.74) is 1.06. The highest BCUT2D eigenvalue weighted by Crippen LogP contribution is 2.35. The number of aliphatic hydroxyl groups is 1. The van der Waals surface area contributed by atoms with Crippen LogP contribution in [0.15, 0.2) is 40.9 Å². The zero-order chi connectivity index (χ0) is 17.2. The van der Waals surface area contributed by atoms with Crippen LogP contribution >= 0.6 is 11.3 Å². The minimum absolute atomic E-state index is 0.0950. The highest BCUT2D eigenvalue weighted by molar-refractivity contribution is 7.16. The summed E-state index contributed by atoms with van der Waals surface area (Å²) in [6.07, 6.45) is 3.29. The van der Waals surface area contributed by atoms with E-state index in [0.717, 1.165) is 23.3 Å². The molecule has 128 valence electrons. The number of benzene rings is 1. The average Bonchev–Trinajstić information content (AvgIpc) is 3.27. The molecule has 3 aromatic rings. The standard InChI is InChI=1S/C17H16N4O3S/c22-9-14-20-21-16(24-14)11-6-12(7-11)19-15(23)17-18-8-13(25-17)10-4-2-1-3-5-10/h1-5,8,11-12,22H,6-7,9H2,(H,19,23)/p+1. The van der Waals surface area contributed by atoms with Gasteiger partial charge in [0.2, 0.25) is 0 Å². The fraction of sp³-hybridized carbons (Fsp3) is 0.294. The van der Waals surface area contributed by atoms with E-state index in [1.807, 2.05) is 30.3 Å². The van der Waals surface area contributed by atoms with Gasteiger partial charge in [-0.2, -0.15) is 0 Å². The van der Waals surface area contributed by atoms with Gasteiger partial charge < -0.3 is 14.8 Å². The van der Waals surface area contributed by atoms with Crippen molar-refractivity contribution in [2.75, 3.05) is 0 Å². The van der Waals surface area contributed by atoms with Crippen LogP contribution in [0.2, 0.25) is 0 Å². The highest BCUT2D eigenvalue weighted by Gasteiger charge is 2.39. The molecule has 1 amide bonds. The molecule has 0 unspecified atom stereocenters. The van der Waals surface area contributed by atoms with Crippen molar-refractivity contribution in [3.05, 3.63) is 53.3 Å². The molecule has 0 bridgehead atoms. The minimum Gasteiger partial charge on any atom is -0.386 e. The third-order valence-electron chi connectivity index (χ3n) is 4.26. The van der Waals surface area contributed by atoms with E-state index >= 15 is 0 Å². The van der Waals surface area contributed by atoms with Crippen molar-refractivity contribution in [1.82, 2.24) is 15.4 Å². The Morgan fingerprint density at radius 2 is 2.16 bits per heavy atom. The monoisotopic (exact) mass is 357 g/mol. The van der Waals surface area contributed by atoms with Crippen LogP contribution in [0.25, 0.3) is 10.4 Å². The molecule has 2 aromatic heterocycles. The van der Waals surface area contributed by atoms with Gasteiger partial charge in [0.05, 0.1) is 10.8 Å². The van der Waals surface area contributed by atoms with Crippen LogP contribution in [0.3, 0.4) is 0 Å². The number of aromatic amines is 1. The molecule has 2 heterocycles. The third kappa shape index (κ3) is 3.31. The van der Waals surface area contributed by atoms with Crippen molar-refractivity contribution in [2.24, 2.45) is 0 Å². The molecule has 0 radical (unpaired) electrons. The predicted molar refractivity (Wildman–Crippen MR) is 89.8 cm³/mol. The second-order valence-electron chi connectivity index (χ2n) is 5.98. The molecule has 7 nitrogen and oxygen atoms in total. The van der Waals surface area contributed by atoms with Crippen LogP contribution in [0, 0.1) is 0 Å². The van der Waals surface area contributed by atoms with E-state index in [0.29, 0.717) is 10.9 Å². The maximum atomic E-state index is 12.3. The highest BCUT2D eigenvalue weighted by atomic mass is 32.1. The van der Waals surface area contributed by atoms with Gasteiger partial charge in [-0.25, -0.2) is 4.98 Å². The van der Waals surface area contributed by atoms with E-state index in [1.165, 1.54) is 11.3 Å². The van der Waals surface area contributed by atoms with Gasteiger partial charge in [0, 0.05) is 17.3 Å². The molecule has 0 saturated heterocycles. The molecular weight excluding hydrogens is 340 g/mol. The van der Waals surface area contributed by atoms with Crippen LogP contribution in [0.4, 0.5) is 0 Å². The Morgan fingerprint density at radius 1 is 1.36 bits per heavy atom. The normalized spacial score (nSPS) is 19.4. The van der Waals surface area contributed by atoms with Crippen molar-refractivity contribution in [1.29, 1.82) is 0 Å². The molecule has 1 fully saturated rings. The Morgan fingerprint density at radius 3 is 2.88 bits per heavy atom. The summed E-state index contributed by atoms with van der Waals surface area (Å²) in [5.74, 6) is 0.969. The molecule has 0 aliphatic heterocycles. The van der Waals surface area contributed by atoms with Gasteiger partial charge in [0.15, 0.2) is 5.01 Å². The van der Waals surface area contributed by atoms with Gasteiger partial charge in [-0.1, -0.05) is 35.4 Å². The van der Waals surface area contributed by atoms with Crippen molar-refractivity contribution < 1.29 is 19.4 Å². The van der Waals surface area contributed by atoms with Crippen molar-refractivity contribution in [2.45, 2.75) is 31.4 Å². The van der Waals surface area contributed by atoms with Gasteiger partial charge in [-0.15, -0.1) is 11.3 Å². The first-order chi connectivity index (χ1) is 12.2. The van der Waals surface area contributed by atoms with E-state index in [1.54, 1.807) is 6.20 Å². The van der Waals surface area contributed by atoms with Gasteiger partial charge in [0.1, 0.15) is 6.61 Å². The van der Waals surface area contributed by atoms with Crippen LogP contribution in [-0.2, 0) is 6.61 Å². The lowest BCUT2D eigenvalue weighted by Crippen LogP contribution is -2.44. The lowest BCUT2D eigenvalue weighted by atomic mass is 9.80. The summed E-state index contributed by atoms with van der Waals surface area (Å²) in [6, 6.07) is 9.98. The van der Waals surface area contributed by atoms with Crippen molar-refractivity contribution in [3.63, 3.8) is 0 Å². The number of thiazole rings is 1. The molecular formula is C17H17N4O3S+. The Kier molecular flexibility index (Phi) is 4.29. The number of hydrogen-bond donors (Lipinski definition) is 2. The number of aliphatic hydroxyl groups excluding tert-OH is 1. The first-order valence-corrected chi connectivity index (χ1v) is 8.85.